The van der Waals surface area contributed by atoms with Gasteiger partial charge < -0.3 is 32.2 Å². The molecule has 3 aromatic carbocycles. The monoisotopic (exact) mass is 522 g/mol. The van der Waals surface area contributed by atoms with Gasteiger partial charge in [0.05, 0.1) is 5.52 Å². The predicted molar refractivity (Wildman–Crippen MR) is 146 cm³/mol. The van der Waals surface area contributed by atoms with Crippen LogP contribution >= 0.6 is 0 Å². The van der Waals surface area contributed by atoms with Crippen LogP contribution in [0.4, 0.5) is 10.6 Å². The summed E-state index contributed by atoms with van der Waals surface area (Å²) in [6.07, 6.45) is 0.587. The van der Waals surface area contributed by atoms with Gasteiger partial charge in [0.1, 0.15) is 17.1 Å². The SMILES string of the molecule is NC(=O)c1cccc(CNC(=O)NC2(c3nc(O)c(-c4ccc5c(N)n[nH]c5c4)[nH]3)CC2c2ccccc2)c1. The number of carbonyl (C=O) groups is 2. The summed E-state index contributed by atoms with van der Waals surface area (Å²) in [4.78, 5) is 32.3. The molecule has 2 atom stereocenters. The van der Waals surface area contributed by atoms with Gasteiger partial charge in [0.15, 0.2) is 5.82 Å². The second-order valence-electron chi connectivity index (χ2n) is 9.66. The van der Waals surface area contributed by atoms with Gasteiger partial charge in [0, 0.05) is 29.0 Å². The Balaban J connectivity index is 1.28. The molecule has 9 N–H and O–H groups in total. The molecule has 11 heteroatoms. The summed E-state index contributed by atoms with van der Waals surface area (Å²) in [5.74, 6) is 0.0630. The first-order chi connectivity index (χ1) is 18.8. The summed E-state index contributed by atoms with van der Waals surface area (Å²) in [6, 6.07) is 21.7. The lowest BCUT2D eigenvalue weighted by Gasteiger charge is -2.18. The van der Waals surface area contributed by atoms with E-state index in [0.29, 0.717) is 34.9 Å². The average molecular weight is 523 g/mol. The minimum Gasteiger partial charge on any atom is -0.492 e. The Morgan fingerprint density at radius 1 is 1.08 bits per heavy atom. The van der Waals surface area contributed by atoms with Crippen LogP contribution in [0.25, 0.3) is 22.2 Å². The molecule has 1 saturated carbocycles. The number of fused-ring (bicyclic) bond motifs is 1. The number of nitrogens with zero attached hydrogens (tertiary/aromatic N) is 2. The number of H-pyrrole nitrogens is 2. The molecule has 1 aliphatic carbocycles. The van der Waals surface area contributed by atoms with E-state index in [0.717, 1.165) is 22.0 Å². The van der Waals surface area contributed by atoms with E-state index in [-0.39, 0.29) is 18.3 Å². The molecule has 6 rings (SSSR count). The first-order valence-electron chi connectivity index (χ1n) is 12.4. The molecule has 0 aliphatic heterocycles. The van der Waals surface area contributed by atoms with Crippen LogP contribution in [0, 0.1) is 0 Å². The number of hydrogen-bond donors (Lipinski definition) is 7. The van der Waals surface area contributed by atoms with Crippen LogP contribution in [-0.4, -0.2) is 37.2 Å². The molecule has 11 nitrogen and oxygen atoms in total. The number of benzene rings is 3. The van der Waals surface area contributed by atoms with Crippen molar-refractivity contribution in [1.82, 2.24) is 30.8 Å². The highest BCUT2D eigenvalue weighted by Crippen LogP contribution is 2.58. The normalized spacial score (nSPS) is 18.1. The molecule has 0 saturated heterocycles. The Labute approximate surface area is 222 Å². The van der Waals surface area contributed by atoms with Crippen molar-refractivity contribution < 1.29 is 14.7 Å². The summed E-state index contributed by atoms with van der Waals surface area (Å²) in [6.45, 7) is 0.195. The fraction of sp³-hybridized carbons (Fsp3) is 0.143. The molecule has 0 spiro atoms. The van der Waals surface area contributed by atoms with Crippen molar-refractivity contribution >= 4 is 28.7 Å². The van der Waals surface area contributed by atoms with E-state index in [4.69, 9.17) is 11.5 Å². The van der Waals surface area contributed by atoms with Gasteiger partial charge in [-0.25, -0.2) is 4.79 Å². The van der Waals surface area contributed by atoms with Crippen molar-refractivity contribution in [3.05, 3.63) is 95.3 Å². The predicted octanol–water partition coefficient (Wildman–Crippen LogP) is 3.22. The van der Waals surface area contributed by atoms with E-state index in [9.17, 15) is 14.7 Å². The number of anilines is 1. The van der Waals surface area contributed by atoms with Gasteiger partial charge in [-0.15, -0.1) is 0 Å². The summed E-state index contributed by atoms with van der Waals surface area (Å²) in [5.41, 5.74) is 14.4. The van der Waals surface area contributed by atoms with Crippen LogP contribution in [0.15, 0.2) is 72.8 Å². The number of rotatable bonds is 7. The molecule has 3 amide bonds. The molecular weight excluding hydrogens is 496 g/mol. The maximum Gasteiger partial charge on any atom is 0.315 e. The van der Waals surface area contributed by atoms with Gasteiger partial charge in [-0.05, 0) is 41.8 Å². The van der Waals surface area contributed by atoms with Crippen molar-refractivity contribution in [2.45, 2.75) is 24.4 Å². The maximum absolute atomic E-state index is 13.1. The van der Waals surface area contributed by atoms with Gasteiger partial charge in [0.2, 0.25) is 11.8 Å². The van der Waals surface area contributed by atoms with E-state index >= 15 is 0 Å². The van der Waals surface area contributed by atoms with Gasteiger partial charge in [-0.1, -0.05) is 48.5 Å². The molecular formula is C28H26N8O3. The number of hydrogen-bond acceptors (Lipinski definition) is 6. The second-order valence-corrected chi connectivity index (χ2v) is 9.66. The number of nitrogen functional groups attached to an aromatic ring is 1. The van der Waals surface area contributed by atoms with E-state index in [2.05, 4.69) is 30.8 Å². The average Bonchev–Trinajstić information content (AvgIpc) is 3.34. The molecule has 1 fully saturated rings. The highest BCUT2D eigenvalue weighted by Gasteiger charge is 2.59. The highest BCUT2D eigenvalue weighted by molar-refractivity contribution is 5.93. The molecule has 0 bridgehead atoms. The van der Waals surface area contributed by atoms with Crippen LogP contribution in [-0.2, 0) is 12.1 Å². The van der Waals surface area contributed by atoms with E-state index in [1.54, 1.807) is 24.3 Å². The number of imidazole rings is 1. The number of nitrogens with one attached hydrogen (secondary N) is 4. The first-order valence-corrected chi connectivity index (χ1v) is 12.4. The van der Waals surface area contributed by atoms with Crippen molar-refractivity contribution in [3.8, 4) is 17.1 Å². The zero-order valence-electron chi connectivity index (χ0n) is 20.7. The van der Waals surface area contributed by atoms with E-state index < -0.39 is 17.5 Å². The smallest absolute Gasteiger partial charge is 0.315 e. The molecule has 1 aliphatic rings. The van der Waals surface area contributed by atoms with E-state index in [1.807, 2.05) is 48.5 Å². The summed E-state index contributed by atoms with van der Waals surface area (Å²) in [7, 11) is 0. The lowest BCUT2D eigenvalue weighted by atomic mass is 10.1. The fourth-order valence-electron chi connectivity index (χ4n) is 5.05. The number of aromatic amines is 2. The Morgan fingerprint density at radius 2 is 1.90 bits per heavy atom. The molecule has 2 heterocycles. The zero-order valence-corrected chi connectivity index (χ0v) is 20.7. The molecule has 2 aromatic heterocycles. The molecule has 196 valence electrons. The number of carbonyl (C=O) groups excluding carboxylic acids is 2. The number of primary amides is 1. The highest BCUT2D eigenvalue weighted by atomic mass is 16.3. The number of aromatic hydroxyl groups is 1. The topological polar surface area (TPSA) is 188 Å². The molecule has 5 aromatic rings. The lowest BCUT2D eigenvalue weighted by Crippen LogP contribution is -2.43. The lowest BCUT2D eigenvalue weighted by molar-refractivity contribution is 0.1000. The summed E-state index contributed by atoms with van der Waals surface area (Å²) >= 11 is 0. The Kier molecular flexibility index (Phi) is 5.68. The minimum absolute atomic E-state index is 0.0593. The van der Waals surface area contributed by atoms with Crippen LogP contribution in [0.1, 0.15) is 39.6 Å². The second kappa shape index (κ2) is 9.21. The van der Waals surface area contributed by atoms with Gasteiger partial charge in [-0.3, -0.25) is 9.89 Å². The van der Waals surface area contributed by atoms with Crippen LogP contribution < -0.4 is 22.1 Å². The third kappa shape index (κ3) is 4.39. The molecule has 0 radical (unpaired) electrons. The van der Waals surface area contributed by atoms with Crippen molar-refractivity contribution in [2.24, 2.45) is 5.73 Å². The molecule has 39 heavy (non-hydrogen) atoms. The van der Waals surface area contributed by atoms with Gasteiger partial charge >= 0.3 is 6.03 Å². The van der Waals surface area contributed by atoms with Crippen LogP contribution in [0.3, 0.4) is 0 Å². The Bertz CT molecular complexity index is 1710. The third-order valence-electron chi connectivity index (χ3n) is 7.15. The number of amides is 3. The maximum atomic E-state index is 13.1. The Hall–Kier alpha value is -5.32. The Morgan fingerprint density at radius 3 is 2.69 bits per heavy atom. The first kappa shape index (κ1) is 24.0. The quantitative estimate of drug-likeness (QED) is 0.172. The zero-order chi connectivity index (χ0) is 27.1. The van der Waals surface area contributed by atoms with Crippen molar-refractivity contribution in [3.63, 3.8) is 0 Å². The van der Waals surface area contributed by atoms with Gasteiger partial charge in [0.25, 0.3) is 0 Å². The minimum atomic E-state index is -0.862. The summed E-state index contributed by atoms with van der Waals surface area (Å²) in [5, 5.41) is 24.4. The number of nitrogens with two attached hydrogens (primary N) is 2. The number of aromatic nitrogens is 4. The van der Waals surface area contributed by atoms with Crippen molar-refractivity contribution in [2.75, 3.05) is 5.73 Å². The van der Waals surface area contributed by atoms with Gasteiger partial charge in [-0.2, -0.15) is 10.1 Å². The molecule has 2 unspecified atom stereocenters. The van der Waals surface area contributed by atoms with Crippen molar-refractivity contribution in [1.29, 1.82) is 0 Å². The van der Waals surface area contributed by atoms with Crippen LogP contribution in [0.2, 0.25) is 0 Å². The largest absolute Gasteiger partial charge is 0.492 e. The third-order valence-corrected chi connectivity index (χ3v) is 7.15. The summed E-state index contributed by atoms with van der Waals surface area (Å²) < 4.78 is 0. The van der Waals surface area contributed by atoms with E-state index in [1.165, 1.54) is 0 Å². The standard InChI is InChI=1S/C28H26N8O3/c29-23-19-10-9-17(12-21(19)35-36-23)22-25(38)33-26(32-22)28(13-20(28)16-6-2-1-3-7-16)34-27(39)31-14-15-5-4-8-18(11-15)24(30)37/h1-12,20,38H,13-14H2,(H2,30,37)(H,32,33)(H3,29,35,36)(H2,31,34,39). The van der Waals surface area contributed by atoms with Crippen LogP contribution in [0.5, 0.6) is 5.88 Å². The number of urea groups is 1. The fourth-order valence-corrected chi connectivity index (χ4v) is 5.05.